The third-order valence-electron chi connectivity index (χ3n) is 3.79. The van der Waals surface area contributed by atoms with Gasteiger partial charge in [-0.15, -0.1) is 0 Å². The van der Waals surface area contributed by atoms with Crippen LogP contribution in [0.1, 0.15) is 28.4 Å². The Labute approximate surface area is 132 Å². The molecule has 3 rings (SSSR count). The van der Waals surface area contributed by atoms with Crippen LogP contribution in [-0.2, 0) is 0 Å². The minimum absolute atomic E-state index is 0.0275. The summed E-state index contributed by atoms with van der Waals surface area (Å²) in [4.78, 5) is 12.4. The third-order valence-corrected chi connectivity index (χ3v) is 3.79. The zero-order valence-corrected chi connectivity index (χ0v) is 12.7. The number of hydrogen-bond acceptors (Lipinski definition) is 6. The van der Waals surface area contributed by atoms with Crippen LogP contribution in [0.5, 0.6) is 28.7 Å². The maximum atomic E-state index is 12.4. The Bertz CT molecular complexity index is 768. The molecular formula is C17H16O6. The van der Waals surface area contributed by atoms with Crippen molar-refractivity contribution in [3.63, 3.8) is 0 Å². The van der Waals surface area contributed by atoms with Gasteiger partial charge in [-0.25, -0.2) is 0 Å². The minimum atomic E-state index is -0.622. The molecule has 23 heavy (non-hydrogen) atoms. The second-order valence-electron chi connectivity index (χ2n) is 5.15. The summed E-state index contributed by atoms with van der Waals surface area (Å²) in [5, 5.41) is 19.9. The molecule has 1 aliphatic rings. The van der Waals surface area contributed by atoms with Crippen LogP contribution >= 0.6 is 0 Å². The molecule has 120 valence electrons. The second kappa shape index (κ2) is 5.72. The van der Waals surface area contributed by atoms with Crippen molar-refractivity contribution in [2.75, 3.05) is 14.2 Å². The molecule has 2 aromatic rings. The summed E-state index contributed by atoms with van der Waals surface area (Å²) in [6.45, 7) is 0. The molecule has 1 heterocycles. The fourth-order valence-electron chi connectivity index (χ4n) is 2.72. The minimum Gasteiger partial charge on any atom is -0.507 e. The zero-order valence-electron chi connectivity index (χ0n) is 12.7. The number of phenols is 2. The van der Waals surface area contributed by atoms with Crippen molar-refractivity contribution >= 4 is 5.78 Å². The molecule has 1 atom stereocenters. The van der Waals surface area contributed by atoms with Crippen LogP contribution in [0, 0.1) is 0 Å². The van der Waals surface area contributed by atoms with Crippen molar-refractivity contribution in [1.82, 2.24) is 0 Å². The number of ether oxygens (including phenoxy) is 3. The van der Waals surface area contributed by atoms with Crippen molar-refractivity contribution in [3.8, 4) is 28.7 Å². The van der Waals surface area contributed by atoms with E-state index in [-0.39, 0.29) is 40.8 Å². The fraction of sp³-hybridized carbons (Fsp3) is 0.235. The molecule has 0 spiro atoms. The van der Waals surface area contributed by atoms with E-state index in [9.17, 15) is 15.0 Å². The van der Waals surface area contributed by atoms with Gasteiger partial charge in [0.15, 0.2) is 17.3 Å². The highest BCUT2D eigenvalue weighted by molar-refractivity contribution is 6.02. The molecule has 2 aromatic carbocycles. The van der Waals surface area contributed by atoms with Crippen LogP contribution in [0.2, 0.25) is 0 Å². The number of carbonyl (C=O) groups is 1. The number of rotatable bonds is 3. The molecule has 0 aliphatic carbocycles. The van der Waals surface area contributed by atoms with Crippen molar-refractivity contribution < 1.29 is 29.2 Å². The maximum absolute atomic E-state index is 12.4. The number of para-hydroxylation sites is 1. The molecule has 2 N–H and O–H groups in total. The van der Waals surface area contributed by atoms with Crippen LogP contribution in [0.3, 0.4) is 0 Å². The predicted molar refractivity (Wildman–Crippen MR) is 81.6 cm³/mol. The summed E-state index contributed by atoms with van der Waals surface area (Å²) < 4.78 is 16.1. The molecule has 0 aromatic heterocycles. The number of hydrogen-bond donors (Lipinski definition) is 2. The summed E-state index contributed by atoms with van der Waals surface area (Å²) in [6.07, 6.45) is -0.587. The quantitative estimate of drug-likeness (QED) is 0.905. The Kier molecular flexibility index (Phi) is 3.73. The van der Waals surface area contributed by atoms with E-state index in [2.05, 4.69) is 0 Å². The lowest BCUT2D eigenvalue weighted by Gasteiger charge is -2.27. The lowest BCUT2D eigenvalue weighted by Crippen LogP contribution is -2.21. The van der Waals surface area contributed by atoms with Crippen LogP contribution in [0.15, 0.2) is 30.3 Å². The van der Waals surface area contributed by atoms with Crippen LogP contribution < -0.4 is 14.2 Å². The van der Waals surface area contributed by atoms with E-state index < -0.39 is 6.10 Å². The predicted octanol–water partition coefficient (Wildman–Crippen LogP) is 2.82. The van der Waals surface area contributed by atoms with Gasteiger partial charge < -0.3 is 24.4 Å². The molecule has 6 nitrogen and oxygen atoms in total. The topological polar surface area (TPSA) is 85.2 Å². The van der Waals surface area contributed by atoms with Crippen molar-refractivity contribution in [2.24, 2.45) is 0 Å². The van der Waals surface area contributed by atoms with E-state index in [1.54, 1.807) is 18.2 Å². The average Bonchev–Trinajstić information content (AvgIpc) is 2.53. The van der Waals surface area contributed by atoms with Gasteiger partial charge in [0, 0.05) is 17.7 Å². The van der Waals surface area contributed by atoms with Gasteiger partial charge in [0.25, 0.3) is 0 Å². The Morgan fingerprint density at radius 2 is 1.91 bits per heavy atom. The molecule has 0 radical (unpaired) electrons. The first-order chi connectivity index (χ1) is 11.0. The normalized spacial score (nSPS) is 16.4. The van der Waals surface area contributed by atoms with Crippen molar-refractivity contribution in [2.45, 2.75) is 12.5 Å². The average molecular weight is 316 g/mol. The SMILES string of the molecule is COc1cc(O)c2c(c1)O[C@H](c1cccc(O)c1OC)CC2=O. The first-order valence-corrected chi connectivity index (χ1v) is 7.02. The number of ketones is 1. The number of fused-ring (bicyclic) bond motifs is 1. The molecule has 0 saturated carbocycles. The number of benzene rings is 2. The van der Waals surface area contributed by atoms with E-state index in [0.717, 1.165) is 0 Å². The van der Waals surface area contributed by atoms with Gasteiger partial charge in [0.1, 0.15) is 28.9 Å². The fourth-order valence-corrected chi connectivity index (χ4v) is 2.72. The van der Waals surface area contributed by atoms with E-state index in [0.29, 0.717) is 11.3 Å². The van der Waals surface area contributed by atoms with Crippen molar-refractivity contribution in [1.29, 1.82) is 0 Å². The monoisotopic (exact) mass is 316 g/mol. The first kappa shape index (κ1) is 15.0. The van der Waals surface area contributed by atoms with Crippen LogP contribution in [0.4, 0.5) is 0 Å². The number of carbonyl (C=O) groups excluding carboxylic acids is 1. The summed E-state index contributed by atoms with van der Waals surface area (Å²) in [5.74, 6) is 0.444. The largest absolute Gasteiger partial charge is 0.507 e. The lowest BCUT2D eigenvalue weighted by molar-refractivity contribution is 0.0841. The molecule has 0 fully saturated rings. The summed E-state index contributed by atoms with van der Waals surface area (Å²) >= 11 is 0. The molecule has 1 aliphatic heterocycles. The summed E-state index contributed by atoms with van der Waals surface area (Å²) in [7, 11) is 2.90. The summed E-state index contributed by atoms with van der Waals surface area (Å²) in [6, 6.07) is 7.79. The van der Waals surface area contributed by atoms with E-state index in [4.69, 9.17) is 14.2 Å². The van der Waals surface area contributed by atoms with Gasteiger partial charge in [0.2, 0.25) is 0 Å². The van der Waals surface area contributed by atoms with Gasteiger partial charge >= 0.3 is 0 Å². The highest BCUT2D eigenvalue weighted by atomic mass is 16.5. The molecule has 0 saturated heterocycles. The molecule has 6 heteroatoms. The van der Waals surface area contributed by atoms with Gasteiger partial charge in [-0.2, -0.15) is 0 Å². The van der Waals surface area contributed by atoms with Crippen LogP contribution in [0.25, 0.3) is 0 Å². The smallest absolute Gasteiger partial charge is 0.174 e. The number of methoxy groups -OCH3 is 2. The van der Waals surface area contributed by atoms with Crippen molar-refractivity contribution in [3.05, 3.63) is 41.5 Å². The molecule has 0 amide bonds. The van der Waals surface area contributed by atoms with Gasteiger partial charge in [-0.1, -0.05) is 12.1 Å². The Hall–Kier alpha value is -2.89. The molecule has 0 unspecified atom stereocenters. The number of phenolic OH excluding ortho intramolecular Hbond substituents is 2. The maximum Gasteiger partial charge on any atom is 0.174 e. The number of Topliss-reactive ketones (excluding diaryl/α,β-unsaturated/α-hetero) is 1. The van der Waals surface area contributed by atoms with E-state index in [1.807, 2.05) is 0 Å². The van der Waals surface area contributed by atoms with Gasteiger partial charge in [0.05, 0.1) is 20.6 Å². The Morgan fingerprint density at radius 1 is 1.13 bits per heavy atom. The second-order valence-corrected chi connectivity index (χ2v) is 5.15. The number of aromatic hydroxyl groups is 2. The highest BCUT2D eigenvalue weighted by Gasteiger charge is 2.32. The molecular weight excluding hydrogens is 300 g/mol. The van der Waals surface area contributed by atoms with Gasteiger partial charge in [-0.05, 0) is 6.07 Å². The lowest BCUT2D eigenvalue weighted by atomic mass is 9.95. The standard InChI is InChI=1S/C17H16O6/c1-21-9-6-12(19)16-13(20)8-14(23-15(16)7-9)10-4-3-5-11(18)17(10)22-2/h3-7,14,18-19H,8H2,1-2H3/t14-/m0/s1. The Morgan fingerprint density at radius 3 is 2.61 bits per heavy atom. The molecule has 0 bridgehead atoms. The van der Waals surface area contributed by atoms with Crippen LogP contribution in [-0.4, -0.2) is 30.2 Å². The van der Waals surface area contributed by atoms with Gasteiger partial charge in [-0.3, -0.25) is 4.79 Å². The first-order valence-electron chi connectivity index (χ1n) is 7.02. The van der Waals surface area contributed by atoms with E-state index >= 15 is 0 Å². The highest BCUT2D eigenvalue weighted by Crippen LogP contribution is 2.44. The Balaban J connectivity index is 2.06. The third kappa shape index (κ3) is 2.52. The zero-order chi connectivity index (χ0) is 16.6. The van der Waals surface area contributed by atoms with E-state index in [1.165, 1.54) is 26.4 Å². The summed E-state index contributed by atoms with van der Waals surface area (Å²) in [5.41, 5.74) is 0.704.